The zero-order valence-electron chi connectivity index (χ0n) is 13.4. The monoisotopic (exact) mass is 283 g/mol. The highest BCUT2D eigenvalue weighted by Crippen LogP contribution is 2.40. The Hall–Kier alpha value is -1.57. The van der Waals surface area contributed by atoms with Crippen LogP contribution in [0.4, 0.5) is 5.69 Å². The summed E-state index contributed by atoms with van der Waals surface area (Å²) < 4.78 is 0. The Balaban J connectivity index is 2.22. The van der Waals surface area contributed by atoms with E-state index in [4.69, 9.17) is 0 Å². The Labute approximate surface area is 127 Å². The first-order chi connectivity index (χ1) is 9.98. The number of anilines is 1. The third-order valence-corrected chi connectivity index (χ3v) is 4.57. The molecule has 3 rings (SSSR count). The number of fused-ring (bicyclic) bond motifs is 1. The number of Topliss-reactive ketones (excluding diaryl/α,β-unsaturated/α-hetero) is 1. The number of hydrogen-bond donors (Lipinski definition) is 0. The summed E-state index contributed by atoms with van der Waals surface area (Å²) in [7, 11) is 0. The number of benzene rings is 1. The topological polar surface area (TPSA) is 20.3 Å². The van der Waals surface area contributed by atoms with Gasteiger partial charge >= 0.3 is 0 Å². The third-order valence-electron chi connectivity index (χ3n) is 4.57. The molecule has 0 saturated heterocycles. The molecule has 0 saturated carbocycles. The Morgan fingerprint density at radius 2 is 1.67 bits per heavy atom. The molecule has 0 fully saturated rings. The van der Waals surface area contributed by atoms with Gasteiger partial charge in [0.1, 0.15) is 0 Å². The van der Waals surface area contributed by atoms with E-state index >= 15 is 0 Å². The second-order valence-corrected chi connectivity index (χ2v) is 7.19. The van der Waals surface area contributed by atoms with E-state index in [0.717, 1.165) is 31.3 Å². The molecule has 1 aromatic rings. The van der Waals surface area contributed by atoms with Crippen LogP contribution in [0, 0.1) is 0 Å². The van der Waals surface area contributed by atoms with Crippen molar-refractivity contribution in [1.29, 1.82) is 0 Å². The lowest BCUT2D eigenvalue weighted by Crippen LogP contribution is -2.43. The Morgan fingerprint density at radius 1 is 0.952 bits per heavy atom. The van der Waals surface area contributed by atoms with Gasteiger partial charge in [-0.1, -0.05) is 18.2 Å². The summed E-state index contributed by atoms with van der Waals surface area (Å²) in [4.78, 5) is 15.0. The van der Waals surface area contributed by atoms with E-state index in [1.54, 1.807) is 0 Å². The molecule has 2 nitrogen and oxygen atoms in total. The molecule has 1 heterocycles. The molecule has 0 amide bonds. The quantitative estimate of drug-likeness (QED) is 0.691. The Morgan fingerprint density at radius 3 is 2.43 bits per heavy atom. The number of ketones is 1. The van der Waals surface area contributed by atoms with Crippen molar-refractivity contribution in [3.05, 3.63) is 41.1 Å². The van der Waals surface area contributed by atoms with E-state index in [0.29, 0.717) is 12.2 Å². The standard InChI is InChI=1S/C19H25NO/c1-19(2,3)20-16-10-6-4-8-14(16)12-13-18(21)15-9-5-7-11-17(15)20/h4,6,8,10H,5,7,9,11-13H2,1-3H3. The minimum atomic E-state index is -0.00829. The highest BCUT2D eigenvalue weighted by molar-refractivity contribution is 5.97. The molecule has 2 heteroatoms. The van der Waals surface area contributed by atoms with Crippen LogP contribution in [0.1, 0.15) is 58.4 Å². The Bertz CT molecular complexity index is 592. The first-order valence-corrected chi connectivity index (χ1v) is 8.12. The molecule has 0 radical (unpaired) electrons. The molecule has 2 aliphatic rings. The van der Waals surface area contributed by atoms with Gasteiger partial charge in [0.2, 0.25) is 0 Å². The maximum absolute atomic E-state index is 12.6. The van der Waals surface area contributed by atoms with Crippen molar-refractivity contribution in [2.75, 3.05) is 4.90 Å². The highest BCUT2D eigenvalue weighted by Gasteiger charge is 2.33. The van der Waals surface area contributed by atoms with Gasteiger partial charge < -0.3 is 4.90 Å². The SMILES string of the molecule is CC(C)(C)N1C2=C(CCCC2)C(=O)CCc2ccccc21. The molecule has 0 N–H and O–H groups in total. The number of rotatable bonds is 0. The summed E-state index contributed by atoms with van der Waals surface area (Å²) in [5, 5.41) is 0. The normalized spacial score (nSPS) is 19.8. The van der Waals surface area contributed by atoms with Crippen LogP contribution in [0.2, 0.25) is 0 Å². The van der Waals surface area contributed by atoms with Gasteiger partial charge in [0.15, 0.2) is 5.78 Å². The van der Waals surface area contributed by atoms with E-state index in [1.807, 2.05) is 0 Å². The van der Waals surface area contributed by atoms with Crippen LogP contribution in [0.3, 0.4) is 0 Å². The van der Waals surface area contributed by atoms with Crippen LogP contribution in [-0.4, -0.2) is 11.3 Å². The highest BCUT2D eigenvalue weighted by atomic mass is 16.1. The zero-order chi connectivity index (χ0) is 15.0. The minimum absolute atomic E-state index is 0.00829. The average molecular weight is 283 g/mol. The van der Waals surface area contributed by atoms with Gasteiger partial charge in [0.25, 0.3) is 0 Å². The predicted molar refractivity (Wildman–Crippen MR) is 87.5 cm³/mol. The van der Waals surface area contributed by atoms with Crippen molar-refractivity contribution in [3.8, 4) is 0 Å². The van der Waals surface area contributed by atoms with E-state index in [2.05, 4.69) is 49.9 Å². The molecule has 1 aliphatic carbocycles. The number of carbonyl (C=O) groups is 1. The van der Waals surface area contributed by atoms with Crippen LogP contribution in [0.5, 0.6) is 0 Å². The number of allylic oxidation sites excluding steroid dienone is 2. The summed E-state index contributed by atoms with van der Waals surface area (Å²) in [5.41, 5.74) is 4.98. The Kier molecular flexibility index (Phi) is 3.64. The van der Waals surface area contributed by atoms with Gasteiger partial charge in [-0.3, -0.25) is 4.79 Å². The molecular weight excluding hydrogens is 258 g/mol. The molecule has 21 heavy (non-hydrogen) atoms. The van der Waals surface area contributed by atoms with Crippen molar-refractivity contribution in [2.24, 2.45) is 0 Å². The first kappa shape index (κ1) is 14.4. The zero-order valence-corrected chi connectivity index (χ0v) is 13.4. The summed E-state index contributed by atoms with van der Waals surface area (Å²) in [6, 6.07) is 8.59. The lowest BCUT2D eigenvalue weighted by atomic mass is 9.85. The van der Waals surface area contributed by atoms with E-state index in [-0.39, 0.29) is 5.54 Å². The lowest BCUT2D eigenvalue weighted by molar-refractivity contribution is -0.115. The van der Waals surface area contributed by atoms with Crippen molar-refractivity contribution >= 4 is 11.5 Å². The fourth-order valence-corrected chi connectivity index (χ4v) is 3.69. The molecular formula is C19H25NO. The van der Waals surface area contributed by atoms with Gasteiger partial charge in [-0.2, -0.15) is 0 Å². The fraction of sp³-hybridized carbons (Fsp3) is 0.526. The average Bonchev–Trinajstić information content (AvgIpc) is 2.43. The van der Waals surface area contributed by atoms with Crippen LogP contribution in [0.15, 0.2) is 35.5 Å². The van der Waals surface area contributed by atoms with Gasteiger partial charge in [0, 0.05) is 28.9 Å². The van der Waals surface area contributed by atoms with Gasteiger partial charge in [0.05, 0.1) is 0 Å². The summed E-state index contributed by atoms with van der Waals surface area (Å²) in [6.07, 6.45) is 5.87. The van der Waals surface area contributed by atoms with E-state index in [9.17, 15) is 4.79 Å². The predicted octanol–water partition coefficient (Wildman–Crippen LogP) is 4.63. The first-order valence-electron chi connectivity index (χ1n) is 8.12. The molecule has 1 aromatic carbocycles. The minimum Gasteiger partial charge on any atom is -0.339 e. The van der Waals surface area contributed by atoms with Gasteiger partial charge in [-0.15, -0.1) is 0 Å². The number of hydrogen-bond acceptors (Lipinski definition) is 2. The molecule has 0 bridgehead atoms. The molecule has 0 atom stereocenters. The summed E-state index contributed by atoms with van der Waals surface area (Å²) in [6.45, 7) is 6.74. The maximum Gasteiger partial charge on any atom is 0.160 e. The molecule has 112 valence electrons. The summed E-state index contributed by atoms with van der Waals surface area (Å²) >= 11 is 0. The number of nitrogens with zero attached hydrogens (tertiary/aromatic N) is 1. The number of aryl methyl sites for hydroxylation is 1. The van der Waals surface area contributed by atoms with Gasteiger partial charge in [-0.25, -0.2) is 0 Å². The summed E-state index contributed by atoms with van der Waals surface area (Å²) in [5.74, 6) is 0.369. The molecule has 1 aliphatic heterocycles. The second kappa shape index (κ2) is 5.32. The molecule has 0 unspecified atom stereocenters. The molecule has 0 aromatic heterocycles. The van der Waals surface area contributed by atoms with Crippen LogP contribution in [-0.2, 0) is 11.2 Å². The van der Waals surface area contributed by atoms with Crippen molar-refractivity contribution in [1.82, 2.24) is 0 Å². The second-order valence-electron chi connectivity index (χ2n) is 7.19. The van der Waals surface area contributed by atoms with Crippen LogP contribution < -0.4 is 4.90 Å². The van der Waals surface area contributed by atoms with Gasteiger partial charge in [-0.05, 0) is 64.5 Å². The van der Waals surface area contributed by atoms with Crippen molar-refractivity contribution < 1.29 is 4.79 Å². The smallest absolute Gasteiger partial charge is 0.160 e. The van der Waals surface area contributed by atoms with E-state index < -0.39 is 0 Å². The van der Waals surface area contributed by atoms with Crippen molar-refractivity contribution in [2.45, 2.75) is 64.8 Å². The maximum atomic E-state index is 12.6. The third kappa shape index (κ3) is 2.64. The van der Waals surface area contributed by atoms with Crippen LogP contribution >= 0.6 is 0 Å². The number of carbonyl (C=O) groups excluding carboxylic acids is 1. The number of para-hydroxylation sites is 1. The fourth-order valence-electron chi connectivity index (χ4n) is 3.69. The van der Waals surface area contributed by atoms with E-state index in [1.165, 1.54) is 23.4 Å². The molecule has 0 spiro atoms. The largest absolute Gasteiger partial charge is 0.339 e. The lowest BCUT2D eigenvalue weighted by Gasteiger charge is -2.43. The van der Waals surface area contributed by atoms with Crippen LogP contribution in [0.25, 0.3) is 0 Å². The van der Waals surface area contributed by atoms with Crippen molar-refractivity contribution in [3.63, 3.8) is 0 Å².